The first-order valence-electron chi connectivity index (χ1n) is 9.95. The molecule has 0 saturated heterocycles. The van der Waals surface area contributed by atoms with E-state index in [1.54, 1.807) is 36.2 Å². The molecule has 1 aliphatic rings. The van der Waals surface area contributed by atoms with Gasteiger partial charge in [-0.2, -0.15) is 0 Å². The molecule has 0 heterocycles. The fourth-order valence-electron chi connectivity index (χ4n) is 3.74. The lowest BCUT2D eigenvalue weighted by Crippen LogP contribution is -2.36. The number of amides is 3. The molecule has 2 N–H and O–H groups in total. The van der Waals surface area contributed by atoms with Crippen LogP contribution in [0.3, 0.4) is 0 Å². The zero-order valence-corrected chi connectivity index (χ0v) is 16.9. The summed E-state index contributed by atoms with van der Waals surface area (Å²) in [7, 11) is 1.81. The molecule has 0 aliphatic heterocycles. The minimum absolute atomic E-state index is 0.0143. The zero-order valence-electron chi connectivity index (χ0n) is 16.9. The Kier molecular flexibility index (Phi) is 6.65. The lowest BCUT2D eigenvalue weighted by Gasteiger charge is -2.30. The normalized spacial score (nSPS) is 18.6. The van der Waals surface area contributed by atoms with Gasteiger partial charge in [0.05, 0.1) is 0 Å². The summed E-state index contributed by atoms with van der Waals surface area (Å²) in [5.74, 6) is -0.161. The van der Waals surface area contributed by atoms with E-state index >= 15 is 0 Å². The summed E-state index contributed by atoms with van der Waals surface area (Å²) in [5, 5.41) is 5.64. The summed E-state index contributed by atoms with van der Waals surface area (Å²) >= 11 is 0. The summed E-state index contributed by atoms with van der Waals surface area (Å²) in [6, 6.07) is 16.7. The second kappa shape index (κ2) is 9.37. The van der Waals surface area contributed by atoms with Gasteiger partial charge in [0.25, 0.3) is 0 Å². The third-order valence-electron chi connectivity index (χ3n) is 5.39. The maximum Gasteiger partial charge on any atom is 0.229 e. The molecule has 0 unspecified atom stereocenters. The van der Waals surface area contributed by atoms with Crippen molar-refractivity contribution in [2.24, 2.45) is 11.8 Å². The molecule has 6 heteroatoms. The minimum atomic E-state index is -0.133. The van der Waals surface area contributed by atoms with Crippen molar-refractivity contribution in [1.29, 1.82) is 0 Å². The molecule has 0 radical (unpaired) electrons. The van der Waals surface area contributed by atoms with E-state index in [0.29, 0.717) is 24.2 Å². The van der Waals surface area contributed by atoms with Crippen LogP contribution < -0.4 is 15.5 Å². The van der Waals surface area contributed by atoms with Crippen molar-refractivity contribution in [2.45, 2.75) is 32.6 Å². The van der Waals surface area contributed by atoms with Crippen molar-refractivity contribution in [2.75, 3.05) is 22.6 Å². The van der Waals surface area contributed by atoms with Crippen LogP contribution in [0.4, 0.5) is 17.1 Å². The van der Waals surface area contributed by atoms with Crippen LogP contribution in [0.25, 0.3) is 0 Å². The average molecular weight is 393 g/mol. The molecule has 2 aromatic carbocycles. The molecule has 0 aromatic heterocycles. The second-order valence-corrected chi connectivity index (χ2v) is 7.53. The Hall–Kier alpha value is -3.15. The van der Waals surface area contributed by atoms with E-state index in [1.165, 1.54) is 6.92 Å². The Morgan fingerprint density at radius 2 is 1.31 bits per heavy atom. The number of para-hydroxylation sites is 1. The number of anilines is 3. The molecule has 0 atom stereocenters. The molecule has 3 rings (SSSR count). The van der Waals surface area contributed by atoms with E-state index in [1.807, 2.05) is 30.3 Å². The van der Waals surface area contributed by atoms with Crippen molar-refractivity contribution in [3.05, 3.63) is 54.6 Å². The minimum Gasteiger partial charge on any atom is -0.326 e. The summed E-state index contributed by atoms with van der Waals surface area (Å²) in [6.45, 7) is 1.45. The van der Waals surface area contributed by atoms with E-state index in [-0.39, 0.29) is 29.6 Å². The average Bonchev–Trinajstić information content (AvgIpc) is 2.74. The van der Waals surface area contributed by atoms with Crippen LogP contribution in [0.2, 0.25) is 0 Å². The van der Waals surface area contributed by atoms with E-state index < -0.39 is 0 Å². The van der Waals surface area contributed by atoms with Crippen LogP contribution in [0.15, 0.2) is 54.6 Å². The Morgan fingerprint density at radius 1 is 0.793 bits per heavy atom. The largest absolute Gasteiger partial charge is 0.326 e. The monoisotopic (exact) mass is 393 g/mol. The predicted octanol–water partition coefficient (Wildman–Crippen LogP) is 4.05. The highest BCUT2D eigenvalue weighted by Crippen LogP contribution is 2.31. The molecule has 29 heavy (non-hydrogen) atoms. The number of rotatable bonds is 5. The van der Waals surface area contributed by atoms with Gasteiger partial charge in [0.2, 0.25) is 17.7 Å². The maximum atomic E-state index is 12.8. The molecule has 152 valence electrons. The lowest BCUT2D eigenvalue weighted by molar-refractivity contribution is -0.126. The highest BCUT2D eigenvalue weighted by Gasteiger charge is 2.31. The first kappa shape index (κ1) is 20.6. The van der Waals surface area contributed by atoms with Crippen LogP contribution in [0, 0.1) is 11.8 Å². The van der Waals surface area contributed by atoms with Gasteiger partial charge >= 0.3 is 0 Å². The first-order chi connectivity index (χ1) is 13.9. The number of hydrogen-bond acceptors (Lipinski definition) is 3. The van der Waals surface area contributed by atoms with Crippen LogP contribution in [0.5, 0.6) is 0 Å². The number of benzene rings is 2. The number of nitrogens with zero attached hydrogens (tertiary/aromatic N) is 1. The summed E-state index contributed by atoms with van der Waals surface area (Å²) in [6.07, 6.45) is 2.84. The van der Waals surface area contributed by atoms with Gasteiger partial charge in [0, 0.05) is 42.9 Å². The van der Waals surface area contributed by atoms with Crippen LogP contribution in [-0.2, 0) is 14.4 Å². The van der Waals surface area contributed by atoms with Gasteiger partial charge in [0.1, 0.15) is 0 Å². The fraction of sp³-hybridized carbons (Fsp3) is 0.348. The highest BCUT2D eigenvalue weighted by atomic mass is 16.2. The summed E-state index contributed by atoms with van der Waals surface area (Å²) in [4.78, 5) is 38.1. The van der Waals surface area contributed by atoms with Gasteiger partial charge in [-0.05, 0) is 62.1 Å². The van der Waals surface area contributed by atoms with Gasteiger partial charge in [-0.1, -0.05) is 18.2 Å². The summed E-state index contributed by atoms with van der Waals surface area (Å²) < 4.78 is 0. The molecule has 1 saturated carbocycles. The van der Waals surface area contributed by atoms with Crippen molar-refractivity contribution in [1.82, 2.24) is 0 Å². The third kappa shape index (κ3) is 5.44. The molecule has 0 spiro atoms. The molecule has 0 bridgehead atoms. The topological polar surface area (TPSA) is 78.5 Å². The van der Waals surface area contributed by atoms with E-state index in [2.05, 4.69) is 10.6 Å². The van der Waals surface area contributed by atoms with Gasteiger partial charge in [-0.25, -0.2) is 0 Å². The number of hydrogen-bond donors (Lipinski definition) is 2. The Labute approximate surface area is 171 Å². The number of nitrogens with one attached hydrogen (secondary N) is 2. The molecular formula is C23H27N3O3. The van der Waals surface area contributed by atoms with Crippen LogP contribution >= 0.6 is 0 Å². The smallest absolute Gasteiger partial charge is 0.229 e. The maximum absolute atomic E-state index is 12.8. The van der Waals surface area contributed by atoms with Crippen LogP contribution in [-0.4, -0.2) is 24.8 Å². The molecule has 2 aromatic rings. The second-order valence-electron chi connectivity index (χ2n) is 7.53. The fourth-order valence-corrected chi connectivity index (χ4v) is 3.74. The number of carbonyl (C=O) groups excluding carboxylic acids is 3. The van der Waals surface area contributed by atoms with E-state index in [9.17, 15) is 14.4 Å². The molecule has 3 amide bonds. The lowest BCUT2D eigenvalue weighted by atomic mass is 9.81. The molecule has 6 nitrogen and oxygen atoms in total. The Balaban J connectivity index is 1.50. The first-order valence-corrected chi connectivity index (χ1v) is 9.95. The Morgan fingerprint density at radius 3 is 1.86 bits per heavy atom. The highest BCUT2D eigenvalue weighted by molar-refractivity contribution is 5.96. The zero-order chi connectivity index (χ0) is 20.8. The molecule has 1 aliphatic carbocycles. The van der Waals surface area contributed by atoms with Crippen LogP contribution in [0.1, 0.15) is 32.6 Å². The molecule has 1 fully saturated rings. The Bertz CT molecular complexity index is 857. The SMILES string of the molecule is CC(=O)Nc1ccc(NC(=O)C2CCC(C(=O)N(C)c3ccccc3)CC2)cc1. The predicted molar refractivity (Wildman–Crippen MR) is 115 cm³/mol. The van der Waals surface area contributed by atoms with Gasteiger partial charge in [0.15, 0.2) is 0 Å². The quantitative estimate of drug-likeness (QED) is 0.804. The van der Waals surface area contributed by atoms with Gasteiger partial charge < -0.3 is 15.5 Å². The standard InChI is InChI=1S/C23H27N3O3/c1-16(27)24-19-12-14-20(15-13-19)25-22(28)17-8-10-18(11-9-17)23(29)26(2)21-6-4-3-5-7-21/h3-7,12-15,17-18H,8-11H2,1-2H3,(H,24,27)(H,25,28). The van der Waals surface area contributed by atoms with Crippen molar-refractivity contribution in [3.8, 4) is 0 Å². The molecular weight excluding hydrogens is 366 g/mol. The third-order valence-corrected chi connectivity index (χ3v) is 5.39. The van der Waals surface area contributed by atoms with Crippen molar-refractivity contribution >= 4 is 34.8 Å². The van der Waals surface area contributed by atoms with E-state index in [0.717, 1.165) is 18.5 Å². The van der Waals surface area contributed by atoms with Crippen molar-refractivity contribution < 1.29 is 14.4 Å². The summed E-state index contributed by atoms with van der Waals surface area (Å²) in [5.41, 5.74) is 2.28. The van der Waals surface area contributed by atoms with E-state index in [4.69, 9.17) is 0 Å². The van der Waals surface area contributed by atoms with Gasteiger partial charge in [-0.3, -0.25) is 14.4 Å². The van der Waals surface area contributed by atoms with Gasteiger partial charge in [-0.15, -0.1) is 0 Å². The number of carbonyl (C=O) groups is 3. The van der Waals surface area contributed by atoms with Crippen molar-refractivity contribution in [3.63, 3.8) is 0 Å².